The average molecular weight is 341 g/mol. The van der Waals surface area contributed by atoms with Crippen LogP contribution in [-0.2, 0) is 12.3 Å². The first kappa shape index (κ1) is 16.3. The summed E-state index contributed by atoms with van der Waals surface area (Å²) < 4.78 is 2.13. The lowest BCUT2D eigenvalue weighted by Crippen LogP contribution is -2.16. The number of anilines is 2. The third-order valence-electron chi connectivity index (χ3n) is 3.35. The Balaban J connectivity index is 1.88. The molecule has 0 fully saturated rings. The first-order valence-corrected chi connectivity index (χ1v) is 8.43. The monoisotopic (exact) mass is 341 g/mol. The van der Waals surface area contributed by atoms with E-state index in [0.29, 0.717) is 24.1 Å². The molecule has 0 spiro atoms. The Hall–Kier alpha value is -2.61. The summed E-state index contributed by atoms with van der Waals surface area (Å²) in [5, 5.41) is 0.904. The number of rotatable bonds is 6. The van der Waals surface area contributed by atoms with Crippen LogP contribution in [0, 0.1) is 0 Å². The fourth-order valence-corrected chi connectivity index (χ4v) is 3.17. The fourth-order valence-electron chi connectivity index (χ4n) is 2.29. The lowest BCUT2D eigenvalue weighted by atomic mass is 10.3. The van der Waals surface area contributed by atoms with Gasteiger partial charge in [-0.05, 0) is 12.1 Å². The first-order valence-electron chi connectivity index (χ1n) is 7.45. The zero-order valence-corrected chi connectivity index (χ0v) is 14.5. The van der Waals surface area contributed by atoms with Crippen LogP contribution in [0.3, 0.4) is 0 Å². The summed E-state index contributed by atoms with van der Waals surface area (Å²) in [6.45, 7) is 4.53. The molecule has 0 amide bonds. The summed E-state index contributed by atoms with van der Waals surface area (Å²) in [6.07, 6.45) is 1.86. The van der Waals surface area contributed by atoms with Crippen molar-refractivity contribution in [2.45, 2.75) is 17.5 Å². The van der Waals surface area contributed by atoms with Crippen LogP contribution in [0.1, 0.15) is 5.82 Å². The third-order valence-corrected chi connectivity index (χ3v) is 4.32. The summed E-state index contributed by atoms with van der Waals surface area (Å²) in [6, 6.07) is 8.05. The van der Waals surface area contributed by atoms with Crippen molar-refractivity contribution in [1.82, 2.24) is 24.5 Å². The highest BCUT2D eigenvalue weighted by molar-refractivity contribution is 7.98. The summed E-state index contributed by atoms with van der Waals surface area (Å²) in [4.78, 5) is 19.2. The molecule has 2 N–H and O–H groups in total. The number of aromatic nitrogens is 5. The minimum atomic E-state index is 0.226. The number of imidazole rings is 1. The van der Waals surface area contributed by atoms with Gasteiger partial charge in [-0.1, -0.05) is 30.0 Å². The molecule has 124 valence electrons. The third kappa shape index (κ3) is 3.33. The maximum absolute atomic E-state index is 5.77. The number of hydrogen-bond donors (Lipinski definition) is 1. The number of thioether (sulfide) groups is 1. The number of benzene rings is 1. The van der Waals surface area contributed by atoms with Gasteiger partial charge in [0.1, 0.15) is 5.82 Å². The van der Waals surface area contributed by atoms with Gasteiger partial charge in [-0.3, -0.25) is 0 Å². The molecule has 3 aromatic rings. The molecule has 0 aliphatic carbocycles. The molecule has 0 bridgehead atoms. The zero-order chi connectivity index (χ0) is 17.1. The fraction of sp³-hybridized carbons (Fsp3) is 0.250. The molecule has 0 unspecified atom stereocenters. The molecule has 0 radical (unpaired) electrons. The van der Waals surface area contributed by atoms with E-state index in [1.165, 1.54) is 0 Å². The van der Waals surface area contributed by atoms with Crippen molar-refractivity contribution in [3.05, 3.63) is 42.7 Å². The first-order chi connectivity index (χ1) is 11.6. The van der Waals surface area contributed by atoms with Crippen LogP contribution >= 0.6 is 11.8 Å². The van der Waals surface area contributed by atoms with Crippen molar-refractivity contribution in [3.8, 4) is 0 Å². The van der Waals surface area contributed by atoms with Crippen molar-refractivity contribution >= 4 is 34.7 Å². The highest BCUT2D eigenvalue weighted by Crippen LogP contribution is 2.26. The number of hydrogen-bond acceptors (Lipinski definition) is 7. The van der Waals surface area contributed by atoms with E-state index in [0.717, 1.165) is 16.2 Å². The second-order valence-corrected chi connectivity index (χ2v) is 6.32. The van der Waals surface area contributed by atoms with Crippen LogP contribution in [0.15, 0.2) is 42.1 Å². The molecule has 7 nitrogen and oxygen atoms in total. The SMILES string of the molecule is C=CCn1c(SCc2nc(N)nc(N(C)C)n2)nc2ccccc21. The van der Waals surface area contributed by atoms with Gasteiger partial charge in [-0.2, -0.15) is 15.0 Å². The van der Waals surface area contributed by atoms with Gasteiger partial charge in [-0.25, -0.2) is 4.98 Å². The number of para-hydroxylation sites is 2. The Kier molecular flexibility index (Phi) is 4.66. The summed E-state index contributed by atoms with van der Waals surface area (Å²) in [5.41, 5.74) is 7.82. The molecule has 3 rings (SSSR count). The van der Waals surface area contributed by atoms with Gasteiger partial charge in [-0.15, -0.1) is 6.58 Å². The summed E-state index contributed by atoms with van der Waals surface area (Å²) in [5.74, 6) is 1.98. The van der Waals surface area contributed by atoms with Gasteiger partial charge in [0.15, 0.2) is 5.16 Å². The molecule has 8 heteroatoms. The van der Waals surface area contributed by atoms with Gasteiger partial charge in [0.25, 0.3) is 0 Å². The molecule has 24 heavy (non-hydrogen) atoms. The normalized spacial score (nSPS) is 10.9. The van der Waals surface area contributed by atoms with Gasteiger partial charge in [0, 0.05) is 20.6 Å². The Labute approximate surface area is 144 Å². The second-order valence-electron chi connectivity index (χ2n) is 5.38. The number of nitrogens with zero attached hydrogens (tertiary/aromatic N) is 6. The van der Waals surface area contributed by atoms with Crippen LogP contribution in [0.4, 0.5) is 11.9 Å². The molecule has 0 saturated heterocycles. The van der Waals surface area contributed by atoms with Crippen LogP contribution in [0.25, 0.3) is 11.0 Å². The van der Waals surface area contributed by atoms with Crippen molar-refractivity contribution in [1.29, 1.82) is 0 Å². The van der Waals surface area contributed by atoms with Crippen LogP contribution in [-0.4, -0.2) is 38.6 Å². The van der Waals surface area contributed by atoms with E-state index < -0.39 is 0 Å². The van der Waals surface area contributed by atoms with Crippen molar-refractivity contribution in [2.75, 3.05) is 24.7 Å². The molecule has 0 aliphatic rings. The molecule has 2 aromatic heterocycles. The molecular weight excluding hydrogens is 322 g/mol. The van der Waals surface area contributed by atoms with E-state index in [1.807, 2.05) is 38.4 Å². The minimum Gasteiger partial charge on any atom is -0.368 e. The summed E-state index contributed by atoms with van der Waals surface area (Å²) >= 11 is 1.57. The molecule has 0 aliphatic heterocycles. The number of nitrogens with two attached hydrogens (primary N) is 1. The van der Waals surface area contributed by atoms with Crippen molar-refractivity contribution in [2.24, 2.45) is 0 Å². The Morgan fingerprint density at radius 1 is 1.21 bits per heavy atom. The van der Waals surface area contributed by atoms with Crippen LogP contribution < -0.4 is 10.6 Å². The van der Waals surface area contributed by atoms with Crippen molar-refractivity contribution < 1.29 is 0 Å². The summed E-state index contributed by atoms with van der Waals surface area (Å²) in [7, 11) is 3.74. The van der Waals surface area contributed by atoms with Gasteiger partial charge >= 0.3 is 0 Å². The lowest BCUT2D eigenvalue weighted by Gasteiger charge is -2.11. The number of allylic oxidation sites excluding steroid dienone is 1. The van der Waals surface area contributed by atoms with Gasteiger partial charge in [0.2, 0.25) is 11.9 Å². The lowest BCUT2D eigenvalue weighted by molar-refractivity contribution is 0.748. The van der Waals surface area contributed by atoms with Gasteiger partial charge in [0.05, 0.1) is 16.8 Å². The quantitative estimate of drug-likeness (QED) is 0.544. The Bertz CT molecular complexity index is 872. The highest BCUT2D eigenvalue weighted by Gasteiger charge is 2.12. The smallest absolute Gasteiger partial charge is 0.229 e. The van der Waals surface area contributed by atoms with Crippen molar-refractivity contribution in [3.63, 3.8) is 0 Å². The Morgan fingerprint density at radius 3 is 2.75 bits per heavy atom. The van der Waals surface area contributed by atoms with E-state index in [1.54, 1.807) is 16.7 Å². The van der Waals surface area contributed by atoms with Crippen LogP contribution in [0.2, 0.25) is 0 Å². The van der Waals surface area contributed by atoms with E-state index in [-0.39, 0.29) is 5.95 Å². The maximum Gasteiger partial charge on any atom is 0.229 e. The molecule has 1 aromatic carbocycles. The molecule has 2 heterocycles. The van der Waals surface area contributed by atoms with E-state index in [4.69, 9.17) is 10.7 Å². The molecular formula is C16H19N7S. The highest BCUT2D eigenvalue weighted by atomic mass is 32.2. The predicted molar refractivity (Wildman–Crippen MR) is 98.1 cm³/mol. The topological polar surface area (TPSA) is 85.8 Å². The molecule has 0 saturated carbocycles. The zero-order valence-electron chi connectivity index (χ0n) is 13.7. The number of nitrogen functional groups attached to an aromatic ring is 1. The van der Waals surface area contributed by atoms with Gasteiger partial charge < -0.3 is 15.2 Å². The van der Waals surface area contributed by atoms with E-state index in [2.05, 4.69) is 32.2 Å². The van der Waals surface area contributed by atoms with Crippen LogP contribution in [0.5, 0.6) is 0 Å². The minimum absolute atomic E-state index is 0.226. The second kappa shape index (κ2) is 6.88. The Morgan fingerprint density at radius 2 is 2.00 bits per heavy atom. The van der Waals surface area contributed by atoms with E-state index >= 15 is 0 Å². The molecule has 0 atom stereocenters. The van der Waals surface area contributed by atoms with E-state index in [9.17, 15) is 0 Å². The predicted octanol–water partition coefficient (Wildman–Crippen LogP) is 2.35. The maximum atomic E-state index is 5.77. The standard InChI is InChI=1S/C16H19N7S/c1-4-9-23-12-8-6-5-7-11(12)18-16(23)24-10-13-19-14(17)21-15(20-13)22(2)3/h4-8H,1,9-10H2,2-3H3,(H2,17,19,20,21). The average Bonchev–Trinajstić information content (AvgIpc) is 2.91. The number of fused-ring (bicyclic) bond motifs is 1. The largest absolute Gasteiger partial charge is 0.368 e.